The van der Waals surface area contributed by atoms with Crippen LogP contribution in [0.3, 0.4) is 0 Å². The fourth-order valence-electron chi connectivity index (χ4n) is 2.35. The van der Waals surface area contributed by atoms with Crippen molar-refractivity contribution < 1.29 is 0 Å². The van der Waals surface area contributed by atoms with Gasteiger partial charge >= 0.3 is 0 Å². The molecule has 1 atom stereocenters. The van der Waals surface area contributed by atoms with E-state index in [0.717, 1.165) is 13.0 Å². The van der Waals surface area contributed by atoms with E-state index < -0.39 is 0 Å². The van der Waals surface area contributed by atoms with Crippen molar-refractivity contribution in [1.29, 1.82) is 0 Å². The molecule has 0 aliphatic heterocycles. The molecule has 1 N–H and O–H groups in total. The van der Waals surface area contributed by atoms with Crippen molar-refractivity contribution in [3.63, 3.8) is 0 Å². The van der Waals surface area contributed by atoms with Crippen LogP contribution < -0.4 is 5.32 Å². The summed E-state index contributed by atoms with van der Waals surface area (Å²) in [7, 11) is 0. The number of hydrogen-bond acceptors (Lipinski definition) is 2. The topological polar surface area (TPSA) is 29.9 Å². The summed E-state index contributed by atoms with van der Waals surface area (Å²) < 4.78 is 2.18. The fourth-order valence-corrected chi connectivity index (χ4v) is 2.35. The van der Waals surface area contributed by atoms with Gasteiger partial charge in [0.1, 0.15) is 0 Å². The molecule has 0 aliphatic carbocycles. The molecule has 3 heteroatoms. The largest absolute Gasteiger partial charge is 0.310 e. The van der Waals surface area contributed by atoms with Crippen LogP contribution in [0.25, 0.3) is 10.9 Å². The molecule has 0 radical (unpaired) electrons. The lowest BCUT2D eigenvalue weighted by Crippen LogP contribution is -2.39. The molecule has 19 heavy (non-hydrogen) atoms. The average Bonchev–Trinajstić information content (AvgIpc) is 2.77. The Morgan fingerprint density at radius 1 is 1.26 bits per heavy atom. The summed E-state index contributed by atoms with van der Waals surface area (Å²) >= 11 is 0. The van der Waals surface area contributed by atoms with Gasteiger partial charge in [-0.25, -0.2) is 0 Å². The summed E-state index contributed by atoms with van der Waals surface area (Å²) in [6.07, 6.45) is 4.29. The zero-order valence-electron chi connectivity index (χ0n) is 12.5. The SMILES string of the molecule is CCCC(CNC(C)(C)C)n1ncc2ccccc21. The summed E-state index contributed by atoms with van der Waals surface area (Å²) in [5.41, 5.74) is 1.38. The molecule has 3 nitrogen and oxygen atoms in total. The number of hydrogen-bond donors (Lipinski definition) is 1. The average molecular weight is 259 g/mol. The van der Waals surface area contributed by atoms with E-state index in [1.165, 1.54) is 17.3 Å². The van der Waals surface area contributed by atoms with Crippen LogP contribution in [0, 0.1) is 0 Å². The highest BCUT2D eigenvalue weighted by atomic mass is 15.3. The molecule has 2 rings (SSSR count). The number of nitrogens with one attached hydrogen (secondary N) is 1. The minimum absolute atomic E-state index is 0.148. The summed E-state index contributed by atoms with van der Waals surface area (Å²) in [6.45, 7) is 9.81. The van der Waals surface area contributed by atoms with Crippen LogP contribution in [0.5, 0.6) is 0 Å². The maximum Gasteiger partial charge on any atom is 0.0686 e. The van der Waals surface area contributed by atoms with Crippen LogP contribution in [0.2, 0.25) is 0 Å². The lowest BCUT2D eigenvalue weighted by molar-refractivity contribution is 0.342. The van der Waals surface area contributed by atoms with Crippen LogP contribution >= 0.6 is 0 Å². The first-order valence-corrected chi connectivity index (χ1v) is 7.18. The van der Waals surface area contributed by atoms with Gasteiger partial charge in [-0.3, -0.25) is 4.68 Å². The number of rotatable bonds is 5. The predicted octanol–water partition coefficient (Wildman–Crippen LogP) is 3.77. The van der Waals surface area contributed by atoms with Crippen LogP contribution in [-0.2, 0) is 0 Å². The smallest absolute Gasteiger partial charge is 0.0686 e. The molecule has 1 heterocycles. The molecule has 1 aromatic carbocycles. The Morgan fingerprint density at radius 3 is 2.68 bits per heavy atom. The Morgan fingerprint density at radius 2 is 2.00 bits per heavy atom. The summed E-state index contributed by atoms with van der Waals surface area (Å²) in [4.78, 5) is 0. The standard InChI is InChI=1S/C16H25N3/c1-5-8-14(12-17-16(2,3)4)19-15-10-7-6-9-13(15)11-18-19/h6-7,9-11,14,17H,5,8,12H2,1-4H3. The van der Waals surface area contributed by atoms with E-state index in [2.05, 4.69) is 67.1 Å². The second-order valence-corrected chi connectivity index (χ2v) is 6.22. The molecule has 0 aliphatic rings. The summed E-state index contributed by atoms with van der Waals surface area (Å²) in [5, 5.41) is 9.41. The minimum Gasteiger partial charge on any atom is -0.310 e. The Kier molecular flexibility index (Phi) is 4.25. The lowest BCUT2D eigenvalue weighted by Gasteiger charge is -2.26. The van der Waals surface area contributed by atoms with Crippen LogP contribution in [-0.4, -0.2) is 21.9 Å². The highest BCUT2D eigenvalue weighted by molar-refractivity contribution is 5.78. The van der Waals surface area contributed by atoms with Gasteiger partial charge in [0.2, 0.25) is 0 Å². The van der Waals surface area contributed by atoms with Crippen LogP contribution in [0.4, 0.5) is 0 Å². The molecule has 0 bridgehead atoms. The highest BCUT2D eigenvalue weighted by Crippen LogP contribution is 2.21. The molecule has 0 spiro atoms. The van der Waals surface area contributed by atoms with Gasteiger partial charge < -0.3 is 5.32 Å². The van der Waals surface area contributed by atoms with Gasteiger partial charge in [-0.05, 0) is 33.3 Å². The van der Waals surface area contributed by atoms with E-state index in [9.17, 15) is 0 Å². The van der Waals surface area contributed by atoms with E-state index in [0.29, 0.717) is 6.04 Å². The van der Waals surface area contributed by atoms with Gasteiger partial charge in [-0.2, -0.15) is 5.10 Å². The van der Waals surface area contributed by atoms with Gasteiger partial charge in [-0.15, -0.1) is 0 Å². The molecule has 1 unspecified atom stereocenters. The van der Waals surface area contributed by atoms with E-state index in [1.54, 1.807) is 0 Å². The second kappa shape index (κ2) is 5.74. The van der Waals surface area contributed by atoms with Crippen molar-refractivity contribution >= 4 is 10.9 Å². The normalized spacial score (nSPS) is 13.9. The third-order valence-electron chi connectivity index (χ3n) is 3.34. The fraction of sp³-hybridized carbons (Fsp3) is 0.562. The van der Waals surface area contributed by atoms with E-state index in [4.69, 9.17) is 0 Å². The summed E-state index contributed by atoms with van der Waals surface area (Å²) in [5.74, 6) is 0. The molecule has 1 aromatic heterocycles. The monoisotopic (exact) mass is 259 g/mol. The predicted molar refractivity (Wildman–Crippen MR) is 81.4 cm³/mol. The number of nitrogens with zero attached hydrogens (tertiary/aromatic N) is 2. The van der Waals surface area contributed by atoms with Crippen molar-refractivity contribution in [2.75, 3.05) is 6.54 Å². The number of fused-ring (bicyclic) bond motifs is 1. The Labute approximate surface area is 116 Å². The zero-order chi connectivity index (χ0) is 13.9. The Balaban J connectivity index is 2.23. The minimum atomic E-state index is 0.148. The van der Waals surface area contributed by atoms with Crippen molar-refractivity contribution in [2.45, 2.75) is 52.1 Å². The molecular weight excluding hydrogens is 234 g/mol. The number of aromatic nitrogens is 2. The maximum absolute atomic E-state index is 4.59. The molecule has 0 saturated carbocycles. The lowest BCUT2D eigenvalue weighted by atomic mass is 10.1. The van der Waals surface area contributed by atoms with E-state index >= 15 is 0 Å². The van der Waals surface area contributed by atoms with Gasteiger partial charge in [0, 0.05) is 17.5 Å². The molecule has 0 fully saturated rings. The number of benzene rings is 1. The Bertz CT molecular complexity index is 522. The molecule has 2 aromatic rings. The Hall–Kier alpha value is -1.35. The second-order valence-electron chi connectivity index (χ2n) is 6.22. The van der Waals surface area contributed by atoms with E-state index in [1.807, 2.05) is 6.20 Å². The first kappa shape index (κ1) is 14.1. The summed E-state index contributed by atoms with van der Waals surface area (Å²) in [6, 6.07) is 8.85. The van der Waals surface area contributed by atoms with Gasteiger partial charge in [0.05, 0.1) is 17.8 Å². The van der Waals surface area contributed by atoms with Crippen molar-refractivity contribution in [3.05, 3.63) is 30.5 Å². The third-order valence-corrected chi connectivity index (χ3v) is 3.34. The first-order chi connectivity index (χ1) is 9.01. The first-order valence-electron chi connectivity index (χ1n) is 7.18. The van der Waals surface area contributed by atoms with Crippen LogP contribution in [0.15, 0.2) is 30.5 Å². The molecular formula is C16H25N3. The van der Waals surface area contributed by atoms with Crippen molar-refractivity contribution in [2.24, 2.45) is 0 Å². The van der Waals surface area contributed by atoms with Crippen molar-refractivity contribution in [3.8, 4) is 0 Å². The van der Waals surface area contributed by atoms with Gasteiger partial charge in [0.15, 0.2) is 0 Å². The molecule has 0 amide bonds. The van der Waals surface area contributed by atoms with Crippen LogP contribution in [0.1, 0.15) is 46.6 Å². The third kappa shape index (κ3) is 3.57. The highest BCUT2D eigenvalue weighted by Gasteiger charge is 2.17. The van der Waals surface area contributed by atoms with Gasteiger partial charge in [0.25, 0.3) is 0 Å². The zero-order valence-corrected chi connectivity index (χ0v) is 12.5. The molecule has 104 valence electrons. The maximum atomic E-state index is 4.59. The quantitative estimate of drug-likeness (QED) is 0.886. The molecule has 0 saturated heterocycles. The van der Waals surface area contributed by atoms with E-state index in [-0.39, 0.29) is 5.54 Å². The van der Waals surface area contributed by atoms with Gasteiger partial charge in [-0.1, -0.05) is 31.5 Å². The number of para-hydroxylation sites is 1. The van der Waals surface area contributed by atoms with Crippen molar-refractivity contribution in [1.82, 2.24) is 15.1 Å².